The number of hydrogen-bond acceptors (Lipinski definition) is 3. The summed E-state index contributed by atoms with van der Waals surface area (Å²) in [7, 11) is 0. The van der Waals surface area contributed by atoms with Crippen LogP contribution in [-0.2, 0) is 16.1 Å². The SMILES string of the molecule is Cc1cccc(C(=O)NCCNC(=O)C2CC(=O)N(Cc3ccccc3)C2)c1. The van der Waals surface area contributed by atoms with E-state index in [9.17, 15) is 14.4 Å². The Balaban J connectivity index is 1.40. The topological polar surface area (TPSA) is 78.5 Å². The van der Waals surface area contributed by atoms with Crippen molar-refractivity contribution in [3.05, 3.63) is 71.3 Å². The molecule has 2 aromatic rings. The molecule has 6 nitrogen and oxygen atoms in total. The molecule has 1 fully saturated rings. The van der Waals surface area contributed by atoms with Gasteiger partial charge < -0.3 is 15.5 Å². The van der Waals surface area contributed by atoms with E-state index in [0.717, 1.165) is 11.1 Å². The molecular weight excluding hydrogens is 354 g/mol. The third-order valence-electron chi connectivity index (χ3n) is 4.79. The number of rotatable bonds is 7. The Labute approximate surface area is 164 Å². The van der Waals surface area contributed by atoms with Gasteiger partial charge in [0.15, 0.2) is 0 Å². The highest BCUT2D eigenvalue weighted by atomic mass is 16.2. The second kappa shape index (κ2) is 9.17. The van der Waals surface area contributed by atoms with Crippen LogP contribution in [0.25, 0.3) is 0 Å². The van der Waals surface area contributed by atoms with Crippen molar-refractivity contribution in [3.63, 3.8) is 0 Å². The summed E-state index contributed by atoms with van der Waals surface area (Å²) in [5, 5.41) is 5.61. The van der Waals surface area contributed by atoms with Gasteiger partial charge >= 0.3 is 0 Å². The maximum atomic E-state index is 12.3. The Morgan fingerprint density at radius 2 is 1.79 bits per heavy atom. The first-order valence-corrected chi connectivity index (χ1v) is 9.47. The number of nitrogens with one attached hydrogen (secondary N) is 2. The van der Waals surface area contributed by atoms with Crippen LogP contribution >= 0.6 is 0 Å². The minimum Gasteiger partial charge on any atom is -0.354 e. The largest absolute Gasteiger partial charge is 0.354 e. The molecule has 1 unspecified atom stereocenters. The van der Waals surface area contributed by atoms with Gasteiger partial charge in [-0.1, -0.05) is 48.0 Å². The summed E-state index contributed by atoms with van der Waals surface area (Å²) in [4.78, 5) is 38.3. The zero-order chi connectivity index (χ0) is 19.9. The van der Waals surface area contributed by atoms with Gasteiger partial charge in [-0.3, -0.25) is 14.4 Å². The van der Waals surface area contributed by atoms with Crippen LogP contribution in [0.4, 0.5) is 0 Å². The number of carbonyl (C=O) groups excluding carboxylic acids is 3. The Kier molecular flexibility index (Phi) is 6.42. The molecule has 28 heavy (non-hydrogen) atoms. The summed E-state index contributed by atoms with van der Waals surface area (Å²) >= 11 is 0. The molecule has 2 aromatic carbocycles. The first-order valence-electron chi connectivity index (χ1n) is 9.47. The molecule has 1 aliphatic rings. The van der Waals surface area contributed by atoms with Crippen molar-refractivity contribution in [2.45, 2.75) is 19.9 Å². The Bertz CT molecular complexity index is 851. The number of amides is 3. The van der Waals surface area contributed by atoms with Crippen molar-refractivity contribution >= 4 is 17.7 Å². The summed E-state index contributed by atoms with van der Waals surface area (Å²) in [6, 6.07) is 17.1. The van der Waals surface area contributed by atoms with Gasteiger partial charge in [0.25, 0.3) is 5.91 Å². The van der Waals surface area contributed by atoms with Crippen molar-refractivity contribution in [2.24, 2.45) is 5.92 Å². The molecule has 1 saturated heterocycles. The summed E-state index contributed by atoms with van der Waals surface area (Å²) in [5.41, 5.74) is 2.67. The van der Waals surface area contributed by atoms with E-state index in [1.54, 1.807) is 11.0 Å². The van der Waals surface area contributed by atoms with Gasteiger partial charge in [0.1, 0.15) is 0 Å². The van der Waals surface area contributed by atoms with Crippen molar-refractivity contribution in [1.29, 1.82) is 0 Å². The van der Waals surface area contributed by atoms with Gasteiger partial charge in [-0.15, -0.1) is 0 Å². The van der Waals surface area contributed by atoms with Crippen LogP contribution < -0.4 is 10.6 Å². The molecule has 3 rings (SSSR count). The number of carbonyl (C=O) groups is 3. The van der Waals surface area contributed by atoms with E-state index in [-0.39, 0.29) is 30.1 Å². The van der Waals surface area contributed by atoms with Gasteiger partial charge in [-0.25, -0.2) is 0 Å². The smallest absolute Gasteiger partial charge is 0.251 e. The Morgan fingerprint density at radius 3 is 2.54 bits per heavy atom. The highest BCUT2D eigenvalue weighted by Crippen LogP contribution is 2.20. The molecular formula is C22H25N3O3. The third-order valence-corrected chi connectivity index (χ3v) is 4.79. The molecule has 0 bridgehead atoms. The van der Waals surface area contributed by atoms with Crippen LogP contribution in [0, 0.1) is 12.8 Å². The quantitative estimate of drug-likeness (QED) is 0.721. The van der Waals surface area contributed by atoms with Gasteiger partial charge in [0.2, 0.25) is 11.8 Å². The van der Waals surface area contributed by atoms with Crippen LogP contribution in [0.3, 0.4) is 0 Å². The van der Waals surface area contributed by atoms with E-state index in [1.807, 2.05) is 55.5 Å². The Hall–Kier alpha value is -3.15. The molecule has 0 saturated carbocycles. The van der Waals surface area contributed by atoms with Crippen LogP contribution in [0.15, 0.2) is 54.6 Å². The molecule has 1 heterocycles. The minimum atomic E-state index is -0.344. The summed E-state index contributed by atoms with van der Waals surface area (Å²) in [5.74, 6) is -0.655. The minimum absolute atomic E-state index is 0.00301. The lowest BCUT2D eigenvalue weighted by molar-refractivity contribution is -0.129. The Morgan fingerprint density at radius 1 is 1.04 bits per heavy atom. The molecule has 0 spiro atoms. The third kappa shape index (κ3) is 5.19. The predicted molar refractivity (Wildman–Crippen MR) is 106 cm³/mol. The number of aryl methyl sites for hydroxylation is 1. The molecule has 3 amide bonds. The van der Waals surface area contributed by atoms with Crippen LogP contribution in [0.2, 0.25) is 0 Å². The van der Waals surface area contributed by atoms with Gasteiger partial charge in [-0.2, -0.15) is 0 Å². The zero-order valence-corrected chi connectivity index (χ0v) is 16.0. The highest BCUT2D eigenvalue weighted by molar-refractivity contribution is 5.94. The van der Waals surface area contributed by atoms with E-state index >= 15 is 0 Å². The lowest BCUT2D eigenvalue weighted by Gasteiger charge is -2.16. The number of hydrogen-bond donors (Lipinski definition) is 2. The van der Waals surface area contributed by atoms with E-state index in [0.29, 0.717) is 31.7 Å². The lowest BCUT2D eigenvalue weighted by atomic mass is 10.1. The van der Waals surface area contributed by atoms with E-state index in [4.69, 9.17) is 0 Å². The van der Waals surface area contributed by atoms with Gasteiger partial charge in [-0.05, 0) is 24.6 Å². The summed E-state index contributed by atoms with van der Waals surface area (Å²) in [6.45, 7) is 3.55. The number of nitrogens with zero attached hydrogens (tertiary/aromatic N) is 1. The first-order chi connectivity index (χ1) is 13.5. The van der Waals surface area contributed by atoms with E-state index in [1.165, 1.54) is 0 Å². The monoisotopic (exact) mass is 379 g/mol. The van der Waals surface area contributed by atoms with E-state index in [2.05, 4.69) is 10.6 Å². The van der Waals surface area contributed by atoms with Crippen LogP contribution in [0.1, 0.15) is 27.9 Å². The molecule has 0 aliphatic carbocycles. The highest BCUT2D eigenvalue weighted by Gasteiger charge is 2.33. The zero-order valence-electron chi connectivity index (χ0n) is 16.0. The maximum absolute atomic E-state index is 12.3. The fraction of sp³-hybridized carbons (Fsp3) is 0.318. The fourth-order valence-electron chi connectivity index (χ4n) is 3.30. The van der Waals surface area contributed by atoms with Crippen molar-refractivity contribution < 1.29 is 14.4 Å². The van der Waals surface area contributed by atoms with Gasteiger partial charge in [0, 0.05) is 38.2 Å². The van der Waals surface area contributed by atoms with E-state index < -0.39 is 0 Å². The second-order valence-electron chi connectivity index (χ2n) is 7.08. The molecule has 0 radical (unpaired) electrons. The second-order valence-corrected chi connectivity index (χ2v) is 7.08. The molecule has 1 atom stereocenters. The predicted octanol–water partition coefficient (Wildman–Crippen LogP) is 1.89. The van der Waals surface area contributed by atoms with Crippen molar-refractivity contribution in [2.75, 3.05) is 19.6 Å². The van der Waals surface area contributed by atoms with Crippen molar-refractivity contribution in [3.8, 4) is 0 Å². The molecule has 6 heteroatoms. The summed E-state index contributed by atoms with van der Waals surface area (Å²) < 4.78 is 0. The summed E-state index contributed by atoms with van der Waals surface area (Å²) in [6.07, 6.45) is 0.230. The molecule has 146 valence electrons. The average Bonchev–Trinajstić information content (AvgIpc) is 3.06. The fourth-order valence-corrected chi connectivity index (χ4v) is 3.30. The van der Waals surface area contributed by atoms with Crippen molar-refractivity contribution in [1.82, 2.24) is 15.5 Å². The molecule has 1 aliphatic heterocycles. The van der Waals surface area contributed by atoms with Crippen LogP contribution in [0.5, 0.6) is 0 Å². The first kappa shape index (κ1) is 19.6. The molecule has 2 N–H and O–H groups in total. The van der Waals surface area contributed by atoms with Gasteiger partial charge in [0.05, 0.1) is 5.92 Å². The maximum Gasteiger partial charge on any atom is 0.251 e. The number of likely N-dealkylation sites (tertiary alicyclic amines) is 1. The average molecular weight is 379 g/mol. The normalized spacial score (nSPS) is 16.1. The lowest BCUT2D eigenvalue weighted by Crippen LogP contribution is -2.38. The van der Waals surface area contributed by atoms with Crippen LogP contribution in [-0.4, -0.2) is 42.3 Å². The number of benzene rings is 2. The molecule has 0 aromatic heterocycles. The standard InChI is InChI=1S/C22H25N3O3/c1-16-6-5-9-18(12-16)21(27)23-10-11-24-22(28)19-13-20(26)25(15-19)14-17-7-3-2-4-8-17/h2-9,12,19H,10-11,13-15H2,1H3,(H,23,27)(H,24,28).